The highest BCUT2D eigenvalue weighted by atomic mass is 16.5. The number of fused-ring (bicyclic) bond motifs is 1. The molecular weight excluding hydrogens is 212 g/mol. The smallest absolute Gasteiger partial charge is 0.180 e. The van der Waals surface area contributed by atoms with Crippen molar-refractivity contribution in [1.82, 2.24) is 0 Å². The Labute approximate surface area is 101 Å². The van der Waals surface area contributed by atoms with Gasteiger partial charge in [0.1, 0.15) is 11.5 Å². The van der Waals surface area contributed by atoms with E-state index in [0.29, 0.717) is 0 Å². The quantitative estimate of drug-likeness (QED) is 0.792. The number of benzene rings is 1. The molecule has 3 rings (SSSR count). The summed E-state index contributed by atoms with van der Waals surface area (Å²) in [6, 6.07) is 7.74. The highest BCUT2D eigenvalue weighted by molar-refractivity contribution is 5.63. The monoisotopic (exact) mass is 226 g/mol. The van der Waals surface area contributed by atoms with E-state index in [9.17, 15) is 5.11 Å². The normalized spacial score (nSPS) is 22.2. The lowest BCUT2D eigenvalue weighted by Gasteiger charge is -2.25. The lowest BCUT2D eigenvalue weighted by Crippen LogP contribution is -2.24. The fraction of sp³-hybridized carbons (Fsp3) is 0.200. The van der Waals surface area contributed by atoms with Crippen LogP contribution in [-0.4, -0.2) is 11.2 Å². The van der Waals surface area contributed by atoms with Gasteiger partial charge in [-0.3, -0.25) is 0 Å². The third-order valence-electron chi connectivity index (χ3n) is 3.06. The average molecular weight is 226 g/mol. The summed E-state index contributed by atoms with van der Waals surface area (Å²) in [5.74, 6) is 1.11. The number of allylic oxidation sites excluding steroid dienone is 2. The van der Waals surface area contributed by atoms with Gasteiger partial charge in [0.25, 0.3) is 0 Å². The van der Waals surface area contributed by atoms with Crippen molar-refractivity contribution in [1.29, 1.82) is 0 Å². The molecule has 1 aliphatic heterocycles. The van der Waals surface area contributed by atoms with E-state index in [1.165, 1.54) is 0 Å². The van der Waals surface area contributed by atoms with Gasteiger partial charge in [-0.05, 0) is 30.6 Å². The Kier molecular flexibility index (Phi) is 2.48. The average Bonchev–Trinajstić information content (AvgIpc) is 2.39. The van der Waals surface area contributed by atoms with Crippen LogP contribution < -0.4 is 4.74 Å². The maximum absolute atomic E-state index is 10.0. The van der Waals surface area contributed by atoms with Crippen molar-refractivity contribution in [3.05, 3.63) is 59.4 Å². The highest BCUT2D eigenvalue weighted by Gasteiger charge is 2.24. The van der Waals surface area contributed by atoms with E-state index >= 15 is 0 Å². The van der Waals surface area contributed by atoms with Crippen LogP contribution in [0.25, 0.3) is 6.08 Å². The van der Waals surface area contributed by atoms with Gasteiger partial charge in [-0.2, -0.15) is 0 Å². The van der Waals surface area contributed by atoms with E-state index in [0.717, 1.165) is 29.7 Å². The van der Waals surface area contributed by atoms with Crippen LogP contribution in [0.15, 0.2) is 53.8 Å². The van der Waals surface area contributed by atoms with Gasteiger partial charge < -0.3 is 9.84 Å². The zero-order valence-corrected chi connectivity index (χ0v) is 9.47. The molecule has 1 unspecified atom stereocenters. The molecule has 1 aromatic rings. The minimum absolute atomic E-state index is 0.279. The van der Waals surface area contributed by atoms with Gasteiger partial charge in [0.2, 0.25) is 0 Å². The fourth-order valence-electron chi connectivity index (χ4n) is 2.20. The first kappa shape index (κ1) is 10.2. The molecule has 0 saturated heterocycles. The number of aliphatic hydroxyl groups excluding tert-OH is 1. The van der Waals surface area contributed by atoms with E-state index in [4.69, 9.17) is 4.74 Å². The van der Waals surface area contributed by atoms with Gasteiger partial charge in [0.05, 0.1) is 0 Å². The van der Waals surface area contributed by atoms with Crippen molar-refractivity contribution < 1.29 is 9.84 Å². The summed E-state index contributed by atoms with van der Waals surface area (Å²) in [4.78, 5) is 0. The minimum Gasteiger partial charge on any atom is -0.508 e. The molecule has 1 aliphatic carbocycles. The zero-order valence-electron chi connectivity index (χ0n) is 9.47. The first-order chi connectivity index (χ1) is 8.34. The van der Waals surface area contributed by atoms with E-state index in [1.807, 2.05) is 30.3 Å². The Morgan fingerprint density at radius 1 is 1.18 bits per heavy atom. The fourth-order valence-corrected chi connectivity index (χ4v) is 2.20. The largest absolute Gasteiger partial charge is 0.508 e. The van der Waals surface area contributed by atoms with Gasteiger partial charge in [-0.25, -0.2) is 0 Å². The third kappa shape index (κ3) is 1.86. The molecule has 86 valence electrons. The number of para-hydroxylation sites is 1. The molecule has 17 heavy (non-hydrogen) atoms. The Bertz CT molecular complexity index is 523. The summed E-state index contributed by atoms with van der Waals surface area (Å²) in [7, 11) is 0. The van der Waals surface area contributed by atoms with Crippen LogP contribution in [0.3, 0.4) is 0 Å². The van der Waals surface area contributed by atoms with Crippen molar-refractivity contribution in [2.45, 2.75) is 18.9 Å². The summed E-state index contributed by atoms with van der Waals surface area (Å²) >= 11 is 0. The maximum Gasteiger partial charge on any atom is 0.180 e. The number of rotatable bonds is 1. The van der Waals surface area contributed by atoms with Crippen LogP contribution in [0.4, 0.5) is 0 Å². The van der Waals surface area contributed by atoms with Gasteiger partial charge in [-0.15, -0.1) is 0 Å². The molecule has 0 fully saturated rings. The molecule has 2 heteroatoms. The Morgan fingerprint density at radius 3 is 2.88 bits per heavy atom. The van der Waals surface area contributed by atoms with Crippen molar-refractivity contribution in [2.75, 3.05) is 0 Å². The SMILES string of the molecule is OC1=Cc2ccccc2OC1C1=CCCC=C1. The topological polar surface area (TPSA) is 29.5 Å². The van der Waals surface area contributed by atoms with Crippen LogP contribution in [0, 0.1) is 0 Å². The third-order valence-corrected chi connectivity index (χ3v) is 3.06. The van der Waals surface area contributed by atoms with Crippen LogP contribution in [0.5, 0.6) is 5.75 Å². The predicted molar refractivity (Wildman–Crippen MR) is 67.9 cm³/mol. The molecular formula is C15H14O2. The molecule has 1 aromatic carbocycles. The molecule has 0 spiro atoms. The maximum atomic E-state index is 10.0. The van der Waals surface area contributed by atoms with E-state index in [1.54, 1.807) is 6.08 Å². The van der Waals surface area contributed by atoms with Crippen LogP contribution in [0.1, 0.15) is 18.4 Å². The van der Waals surface area contributed by atoms with Gasteiger partial charge >= 0.3 is 0 Å². The molecule has 0 radical (unpaired) electrons. The lowest BCUT2D eigenvalue weighted by atomic mass is 9.98. The van der Waals surface area contributed by atoms with E-state index in [-0.39, 0.29) is 11.9 Å². The number of aliphatic hydroxyl groups is 1. The second kappa shape index (κ2) is 4.13. The van der Waals surface area contributed by atoms with Crippen LogP contribution in [-0.2, 0) is 0 Å². The van der Waals surface area contributed by atoms with Gasteiger partial charge in [0.15, 0.2) is 6.10 Å². The predicted octanol–water partition coefficient (Wildman–Crippen LogP) is 3.62. The second-order valence-corrected chi connectivity index (χ2v) is 4.29. The molecule has 0 aromatic heterocycles. The highest BCUT2D eigenvalue weighted by Crippen LogP contribution is 2.32. The van der Waals surface area contributed by atoms with Gasteiger partial charge in [0, 0.05) is 5.56 Å². The van der Waals surface area contributed by atoms with Crippen molar-refractivity contribution in [2.24, 2.45) is 0 Å². The Balaban J connectivity index is 1.96. The summed E-state index contributed by atoms with van der Waals surface area (Å²) < 4.78 is 5.85. The molecule has 0 saturated carbocycles. The summed E-state index contributed by atoms with van der Waals surface area (Å²) in [6.07, 6.45) is 9.80. The Hall–Kier alpha value is -1.96. The molecule has 2 aliphatic rings. The van der Waals surface area contributed by atoms with Crippen LogP contribution >= 0.6 is 0 Å². The zero-order chi connectivity index (χ0) is 11.7. The molecule has 1 atom stereocenters. The molecule has 1 heterocycles. The molecule has 0 bridgehead atoms. The lowest BCUT2D eigenvalue weighted by molar-refractivity contribution is 0.203. The van der Waals surface area contributed by atoms with E-state index < -0.39 is 0 Å². The van der Waals surface area contributed by atoms with Crippen molar-refractivity contribution >= 4 is 6.08 Å². The van der Waals surface area contributed by atoms with E-state index in [2.05, 4.69) is 12.2 Å². The Morgan fingerprint density at radius 2 is 2.06 bits per heavy atom. The standard InChI is InChI=1S/C15H14O2/c16-13-10-12-8-4-5-9-14(12)17-15(13)11-6-2-1-3-7-11/h2,4-10,15-16H,1,3H2. The second-order valence-electron chi connectivity index (χ2n) is 4.29. The molecule has 0 amide bonds. The summed E-state index contributed by atoms with van der Waals surface area (Å²) in [5, 5.41) is 10.0. The summed E-state index contributed by atoms with van der Waals surface area (Å²) in [6.45, 7) is 0. The number of hydrogen-bond donors (Lipinski definition) is 1. The van der Waals surface area contributed by atoms with Gasteiger partial charge in [-0.1, -0.05) is 36.4 Å². The number of ether oxygens (including phenoxy) is 1. The minimum atomic E-state index is -0.346. The first-order valence-corrected chi connectivity index (χ1v) is 5.87. The molecule has 1 N–H and O–H groups in total. The molecule has 2 nitrogen and oxygen atoms in total. The number of hydrogen-bond acceptors (Lipinski definition) is 2. The first-order valence-electron chi connectivity index (χ1n) is 5.87. The van der Waals surface area contributed by atoms with Crippen molar-refractivity contribution in [3.63, 3.8) is 0 Å². The summed E-state index contributed by atoms with van der Waals surface area (Å²) in [5.41, 5.74) is 1.97. The van der Waals surface area contributed by atoms with Crippen molar-refractivity contribution in [3.8, 4) is 5.75 Å². The van der Waals surface area contributed by atoms with Crippen LogP contribution in [0.2, 0.25) is 0 Å².